The van der Waals surface area contributed by atoms with Crippen LogP contribution in [0.5, 0.6) is 11.5 Å². The van der Waals surface area contributed by atoms with Crippen molar-refractivity contribution in [3.05, 3.63) is 90.0 Å². The van der Waals surface area contributed by atoms with E-state index >= 15 is 0 Å². The quantitative estimate of drug-likeness (QED) is 0.433. The van der Waals surface area contributed by atoms with E-state index in [1.165, 1.54) is 0 Å². The maximum absolute atomic E-state index is 12.7. The topological polar surface area (TPSA) is 83.2 Å². The van der Waals surface area contributed by atoms with Gasteiger partial charge < -0.3 is 14.8 Å². The number of carbonyl (C=O) groups excluding carboxylic acids is 1. The van der Waals surface area contributed by atoms with Crippen LogP contribution < -0.4 is 14.8 Å². The van der Waals surface area contributed by atoms with Crippen LogP contribution >= 0.6 is 0 Å². The first-order valence-electron chi connectivity index (χ1n) is 10.3. The normalized spacial score (nSPS) is 10.7. The van der Waals surface area contributed by atoms with Gasteiger partial charge in [-0.3, -0.25) is 14.2 Å². The number of hydrogen-bond acceptors (Lipinski definition) is 5. The summed E-state index contributed by atoms with van der Waals surface area (Å²) in [4.78, 5) is 12.7. The molecule has 1 N–H and O–H groups in total. The Hall–Kier alpha value is -4.07. The molecule has 0 saturated heterocycles. The van der Waals surface area contributed by atoms with E-state index < -0.39 is 0 Å². The first-order valence-corrected chi connectivity index (χ1v) is 10.3. The molecule has 2 aromatic carbocycles. The Morgan fingerprint density at radius 3 is 2.56 bits per heavy atom. The number of methoxy groups -OCH3 is 1. The Bertz CT molecular complexity index is 1200. The van der Waals surface area contributed by atoms with E-state index in [1.54, 1.807) is 30.3 Å². The van der Waals surface area contributed by atoms with Gasteiger partial charge in [-0.25, -0.2) is 0 Å². The number of amides is 1. The Morgan fingerprint density at radius 1 is 0.969 bits per heavy atom. The predicted octanol–water partition coefficient (Wildman–Crippen LogP) is 3.99. The molecular formula is C24H25N5O3. The van der Waals surface area contributed by atoms with Gasteiger partial charge in [0.05, 0.1) is 31.7 Å². The number of nitrogens with zero attached hydrogens (tertiary/aromatic N) is 4. The molecule has 32 heavy (non-hydrogen) atoms. The standard InChI is InChI=1S/C24H25N5O3/c1-3-28-14-19(12-25-28)15-29-16-21(13-26-29)27-24(30)20-8-6-7-18(11-20)17-32-23-10-5-4-9-22(23)31-2/h4-14,16H,3,15,17H2,1-2H3,(H,27,30). The number of aryl methyl sites for hydroxylation is 1. The molecule has 8 heteroatoms. The van der Waals surface area contributed by atoms with Gasteiger partial charge in [0.25, 0.3) is 5.91 Å². The van der Waals surface area contributed by atoms with Crippen LogP contribution in [0.15, 0.2) is 73.3 Å². The minimum atomic E-state index is -0.206. The molecule has 0 bridgehead atoms. The van der Waals surface area contributed by atoms with Crippen LogP contribution in [0, 0.1) is 0 Å². The highest BCUT2D eigenvalue weighted by molar-refractivity contribution is 6.04. The third kappa shape index (κ3) is 5.15. The third-order valence-corrected chi connectivity index (χ3v) is 4.90. The fraction of sp³-hybridized carbons (Fsp3) is 0.208. The molecule has 4 rings (SSSR count). The van der Waals surface area contributed by atoms with Crippen LogP contribution in [0.25, 0.3) is 0 Å². The van der Waals surface area contributed by atoms with Gasteiger partial charge in [-0.05, 0) is 36.8 Å². The first kappa shape index (κ1) is 21.2. The van der Waals surface area contributed by atoms with Gasteiger partial charge in [-0.2, -0.15) is 10.2 Å². The van der Waals surface area contributed by atoms with Crippen molar-refractivity contribution in [2.75, 3.05) is 12.4 Å². The number of nitrogens with one attached hydrogen (secondary N) is 1. The minimum absolute atomic E-state index is 0.206. The number of aromatic nitrogens is 4. The van der Waals surface area contributed by atoms with Crippen LogP contribution in [0.2, 0.25) is 0 Å². The molecule has 0 unspecified atom stereocenters. The van der Waals surface area contributed by atoms with E-state index in [0.717, 1.165) is 17.7 Å². The maximum atomic E-state index is 12.7. The summed E-state index contributed by atoms with van der Waals surface area (Å²) in [5.41, 5.74) is 3.11. The molecule has 0 saturated carbocycles. The maximum Gasteiger partial charge on any atom is 0.255 e. The van der Waals surface area contributed by atoms with Gasteiger partial charge in [0.2, 0.25) is 0 Å². The Balaban J connectivity index is 1.37. The molecule has 1 amide bonds. The second kappa shape index (κ2) is 9.82. The van der Waals surface area contributed by atoms with Crippen molar-refractivity contribution in [1.29, 1.82) is 0 Å². The zero-order valence-corrected chi connectivity index (χ0v) is 18.1. The molecule has 8 nitrogen and oxygen atoms in total. The van der Waals surface area contributed by atoms with Gasteiger partial charge in [0, 0.05) is 30.1 Å². The number of hydrogen-bond donors (Lipinski definition) is 1. The van der Waals surface area contributed by atoms with Crippen molar-refractivity contribution < 1.29 is 14.3 Å². The van der Waals surface area contributed by atoms with Gasteiger partial charge in [0.1, 0.15) is 6.61 Å². The van der Waals surface area contributed by atoms with Crippen molar-refractivity contribution in [3.63, 3.8) is 0 Å². The summed E-state index contributed by atoms with van der Waals surface area (Å²) < 4.78 is 14.8. The van der Waals surface area contributed by atoms with Crippen LogP contribution in [0.1, 0.15) is 28.4 Å². The van der Waals surface area contributed by atoms with E-state index in [2.05, 4.69) is 15.5 Å². The summed E-state index contributed by atoms with van der Waals surface area (Å²) in [5, 5.41) is 11.5. The Kier molecular flexibility index (Phi) is 6.50. The summed E-state index contributed by atoms with van der Waals surface area (Å²) >= 11 is 0. The number of para-hydroxylation sites is 2. The molecule has 164 valence electrons. The Labute approximate surface area is 186 Å². The van der Waals surface area contributed by atoms with Gasteiger partial charge in [-0.15, -0.1) is 0 Å². The summed E-state index contributed by atoms with van der Waals surface area (Å²) in [5.74, 6) is 1.12. The number of ether oxygens (including phenoxy) is 2. The monoisotopic (exact) mass is 431 g/mol. The van der Waals surface area contributed by atoms with Crippen molar-refractivity contribution >= 4 is 11.6 Å². The fourth-order valence-corrected chi connectivity index (χ4v) is 3.27. The zero-order valence-electron chi connectivity index (χ0n) is 18.1. The molecule has 0 spiro atoms. The highest BCUT2D eigenvalue weighted by Gasteiger charge is 2.10. The summed E-state index contributed by atoms with van der Waals surface area (Å²) in [6.07, 6.45) is 7.24. The van der Waals surface area contributed by atoms with E-state index in [-0.39, 0.29) is 5.91 Å². The van der Waals surface area contributed by atoms with Crippen molar-refractivity contribution in [1.82, 2.24) is 19.6 Å². The van der Waals surface area contributed by atoms with E-state index in [4.69, 9.17) is 9.47 Å². The van der Waals surface area contributed by atoms with Gasteiger partial charge in [-0.1, -0.05) is 24.3 Å². The fourth-order valence-electron chi connectivity index (χ4n) is 3.27. The lowest BCUT2D eigenvalue weighted by atomic mass is 10.1. The average molecular weight is 431 g/mol. The largest absolute Gasteiger partial charge is 0.493 e. The molecule has 2 heterocycles. The predicted molar refractivity (Wildman–Crippen MR) is 121 cm³/mol. The molecule has 0 radical (unpaired) electrons. The minimum Gasteiger partial charge on any atom is -0.493 e. The molecule has 2 aromatic heterocycles. The van der Waals surface area contributed by atoms with Gasteiger partial charge in [0.15, 0.2) is 11.5 Å². The lowest BCUT2D eigenvalue weighted by Gasteiger charge is -2.11. The number of rotatable bonds is 9. The molecule has 0 fully saturated rings. The smallest absolute Gasteiger partial charge is 0.255 e. The molecule has 0 aliphatic rings. The molecular weight excluding hydrogens is 406 g/mol. The second-order valence-electron chi connectivity index (χ2n) is 7.22. The number of benzene rings is 2. The molecule has 0 aliphatic carbocycles. The summed E-state index contributed by atoms with van der Waals surface area (Å²) in [7, 11) is 1.60. The lowest BCUT2D eigenvalue weighted by molar-refractivity contribution is 0.102. The zero-order chi connectivity index (χ0) is 22.3. The first-order chi connectivity index (χ1) is 15.6. The molecule has 0 atom stereocenters. The third-order valence-electron chi connectivity index (χ3n) is 4.90. The Morgan fingerprint density at radius 2 is 1.78 bits per heavy atom. The van der Waals surface area contributed by atoms with Gasteiger partial charge >= 0.3 is 0 Å². The number of carbonyl (C=O) groups is 1. The highest BCUT2D eigenvalue weighted by Crippen LogP contribution is 2.26. The van der Waals surface area contributed by atoms with E-state index in [1.807, 2.05) is 66.5 Å². The van der Waals surface area contributed by atoms with Crippen molar-refractivity contribution in [2.24, 2.45) is 0 Å². The molecule has 0 aliphatic heterocycles. The van der Waals surface area contributed by atoms with Crippen LogP contribution in [-0.2, 0) is 19.7 Å². The van der Waals surface area contributed by atoms with Crippen LogP contribution in [0.4, 0.5) is 5.69 Å². The lowest BCUT2D eigenvalue weighted by Crippen LogP contribution is -2.12. The van der Waals surface area contributed by atoms with Crippen molar-refractivity contribution in [2.45, 2.75) is 26.6 Å². The SMILES string of the molecule is CCn1cc(Cn2cc(NC(=O)c3cccc(COc4ccccc4OC)c3)cn2)cn1. The second-order valence-corrected chi connectivity index (χ2v) is 7.22. The van der Waals surface area contributed by atoms with Crippen molar-refractivity contribution in [3.8, 4) is 11.5 Å². The van der Waals surface area contributed by atoms with Crippen LogP contribution in [0.3, 0.4) is 0 Å². The summed E-state index contributed by atoms with van der Waals surface area (Å²) in [6.45, 7) is 3.78. The van der Waals surface area contributed by atoms with E-state index in [0.29, 0.717) is 35.9 Å². The number of anilines is 1. The van der Waals surface area contributed by atoms with E-state index in [9.17, 15) is 4.79 Å². The summed E-state index contributed by atoms with van der Waals surface area (Å²) in [6, 6.07) is 14.8. The highest BCUT2D eigenvalue weighted by atomic mass is 16.5. The van der Waals surface area contributed by atoms with Crippen LogP contribution in [-0.4, -0.2) is 32.6 Å². The average Bonchev–Trinajstić information content (AvgIpc) is 3.47. The molecule has 4 aromatic rings.